The van der Waals surface area contributed by atoms with E-state index in [4.69, 9.17) is 0 Å². The number of amides is 1. The van der Waals surface area contributed by atoms with Crippen molar-refractivity contribution >= 4 is 21.7 Å². The maximum absolute atomic E-state index is 12.3. The smallest absolute Gasteiger partial charge is 0.329 e. The van der Waals surface area contributed by atoms with Crippen LogP contribution in [-0.4, -0.2) is 37.2 Å². The molecule has 0 heterocycles. The molecule has 1 aromatic rings. The summed E-state index contributed by atoms with van der Waals surface area (Å²) in [5.41, 5.74) is -0.674. The molecule has 0 saturated carbocycles. The number of sulfone groups is 1. The van der Waals surface area contributed by atoms with Gasteiger partial charge in [0.1, 0.15) is 5.54 Å². The van der Waals surface area contributed by atoms with Crippen molar-refractivity contribution in [1.82, 2.24) is 5.32 Å². The fourth-order valence-electron chi connectivity index (χ4n) is 1.69. The van der Waals surface area contributed by atoms with E-state index in [9.17, 15) is 23.1 Å². The van der Waals surface area contributed by atoms with Crippen LogP contribution in [0.1, 0.15) is 36.2 Å². The summed E-state index contributed by atoms with van der Waals surface area (Å²) < 4.78 is 23.1. The van der Waals surface area contributed by atoms with Gasteiger partial charge in [0, 0.05) is 11.8 Å². The second-order valence-corrected chi connectivity index (χ2v) is 7.21. The zero-order valence-electron chi connectivity index (χ0n) is 12.4. The summed E-state index contributed by atoms with van der Waals surface area (Å²) in [6.45, 7) is 4.71. The van der Waals surface area contributed by atoms with E-state index >= 15 is 0 Å². The number of hydrogen-bond donors (Lipinski definition) is 2. The van der Waals surface area contributed by atoms with Crippen molar-refractivity contribution in [1.29, 1.82) is 0 Å². The van der Waals surface area contributed by atoms with Crippen LogP contribution >= 0.6 is 0 Å². The molecule has 7 heteroatoms. The van der Waals surface area contributed by atoms with Crippen molar-refractivity contribution < 1.29 is 23.1 Å². The lowest BCUT2D eigenvalue weighted by molar-refractivity contribution is -0.143. The molecule has 0 aliphatic rings. The quantitative estimate of drug-likeness (QED) is 0.855. The monoisotopic (exact) mass is 313 g/mol. The zero-order chi connectivity index (χ0) is 16.4. The Morgan fingerprint density at radius 2 is 1.90 bits per heavy atom. The van der Waals surface area contributed by atoms with Gasteiger partial charge in [0.25, 0.3) is 5.91 Å². The van der Waals surface area contributed by atoms with Gasteiger partial charge in [0.05, 0.1) is 4.90 Å². The summed E-state index contributed by atoms with van der Waals surface area (Å²) >= 11 is 0. The Bertz CT molecular complexity index is 681. The minimum atomic E-state index is -3.44. The molecule has 21 heavy (non-hydrogen) atoms. The summed E-state index contributed by atoms with van der Waals surface area (Å²) in [6, 6.07) is 4.20. The topological polar surface area (TPSA) is 101 Å². The molecule has 0 saturated heterocycles. The van der Waals surface area contributed by atoms with Crippen molar-refractivity contribution in [3.8, 4) is 0 Å². The lowest BCUT2D eigenvalue weighted by atomic mass is 9.98. The lowest BCUT2D eigenvalue weighted by Crippen LogP contribution is -2.51. The molecule has 1 rings (SSSR count). The van der Waals surface area contributed by atoms with Gasteiger partial charge in [0.15, 0.2) is 9.84 Å². The standard InChI is InChI=1S/C14H19NO5S/c1-5-14(3,13(17)18)15-12(16)11-8-10(21(4,19)20)7-6-9(11)2/h6-8H,5H2,1-4H3,(H,15,16)(H,17,18). The molecule has 0 bridgehead atoms. The maximum atomic E-state index is 12.3. The first-order chi connectivity index (χ1) is 9.51. The fraction of sp³-hybridized carbons (Fsp3) is 0.429. The molecule has 0 spiro atoms. The van der Waals surface area contributed by atoms with E-state index < -0.39 is 27.3 Å². The first-order valence-electron chi connectivity index (χ1n) is 6.38. The van der Waals surface area contributed by atoms with E-state index in [2.05, 4.69) is 5.32 Å². The Hall–Kier alpha value is -1.89. The van der Waals surface area contributed by atoms with Gasteiger partial charge in [-0.3, -0.25) is 4.79 Å². The van der Waals surface area contributed by atoms with Gasteiger partial charge < -0.3 is 10.4 Å². The molecule has 0 aliphatic heterocycles. The largest absolute Gasteiger partial charge is 0.480 e. The molecular formula is C14H19NO5S. The van der Waals surface area contributed by atoms with E-state index in [0.29, 0.717) is 5.56 Å². The van der Waals surface area contributed by atoms with Crippen molar-refractivity contribution in [3.63, 3.8) is 0 Å². The summed E-state index contributed by atoms with van der Waals surface area (Å²) in [5, 5.41) is 11.6. The normalized spacial score (nSPS) is 14.3. The molecule has 0 radical (unpaired) electrons. The van der Waals surface area contributed by atoms with Crippen LogP contribution in [0.4, 0.5) is 0 Å². The van der Waals surface area contributed by atoms with Crippen molar-refractivity contribution in [2.75, 3.05) is 6.26 Å². The third-order valence-electron chi connectivity index (χ3n) is 3.45. The first kappa shape index (κ1) is 17.2. The number of nitrogens with one attached hydrogen (secondary N) is 1. The number of hydrogen-bond acceptors (Lipinski definition) is 4. The second kappa shape index (κ2) is 5.85. The average Bonchev–Trinajstić information content (AvgIpc) is 2.37. The average molecular weight is 313 g/mol. The Kier molecular flexibility index (Phi) is 4.78. The fourth-order valence-corrected chi connectivity index (χ4v) is 2.33. The lowest BCUT2D eigenvalue weighted by Gasteiger charge is -2.25. The highest BCUT2D eigenvalue weighted by Gasteiger charge is 2.33. The van der Waals surface area contributed by atoms with Crippen LogP contribution in [0.2, 0.25) is 0 Å². The number of carbonyl (C=O) groups is 2. The number of aryl methyl sites for hydroxylation is 1. The van der Waals surface area contributed by atoms with Crippen molar-refractivity contribution in [2.45, 2.75) is 37.6 Å². The van der Waals surface area contributed by atoms with Crippen LogP contribution in [-0.2, 0) is 14.6 Å². The number of benzene rings is 1. The van der Waals surface area contributed by atoms with Crippen LogP contribution in [0, 0.1) is 6.92 Å². The van der Waals surface area contributed by atoms with Gasteiger partial charge in [-0.25, -0.2) is 13.2 Å². The van der Waals surface area contributed by atoms with Gasteiger partial charge >= 0.3 is 5.97 Å². The molecular weight excluding hydrogens is 294 g/mol. The molecule has 0 aliphatic carbocycles. The Labute approximate surface area is 124 Å². The van der Waals surface area contributed by atoms with Gasteiger partial charge in [-0.05, 0) is 38.0 Å². The van der Waals surface area contributed by atoms with Crippen LogP contribution in [0.15, 0.2) is 23.1 Å². The highest BCUT2D eigenvalue weighted by atomic mass is 32.2. The van der Waals surface area contributed by atoms with E-state index in [1.54, 1.807) is 13.8 Å². The van der Waals surface area contributed by atoms with E-state index in [0.717, 1.165) is 6.26 Å². The van der Waals surface area contributed by atoms with Crippen LogP contribution in [0.25, 0.3) is 0 Å². The van der Waals surface area contributed by atoms with E-state index in [1.807, 2.05) is 0 Å². The zero-order valence-corrected chi connectivity index (χ0v) is 13.2. The molecule has 0 fully saturated rings. The molecule has 1 aromatic carbocycles. The van der Waals surface area contributed by atoms with Crippen molar-refractivity contribution in [3.05, 3.63) is 29.3 Å². The Morgan fingerprint density at radius 3 is 2.33 bits per heavy atom. The number of carboxylic acid groups (broad SMARTS) is 1. The third kappa shape index (κ3) is 3.81. The second-order valence-electron chi connectivity index (χ2n) is 5.19. The summed E-state index contributed by atoms with van der Waals surface area (Å²) in [5.74, 6) is -1.75. The molecule has 116 valence electrons. The van der Waals surface area contributed by atoms with Crippen LogP contribution < -0.4 is 5.32 Å². The molecule has 0 aromatic heterocycles. The summed E-state index contributed by atoms with van der Waals surface area (Å²) in [7, 11) is -3.44. The van der Waals surface area contributed by atoms with Gasteiger partial charge in [-0.1, -0.05) is 13.0 Å². The van der Waals surface area contributed by atoms with Crippen LogP contribution in [0.5, 0.6) is 0 Å². The number of rotatable bonds is 5. The van der Waals surface area contributed by atoms with Crippen molar-refractivity contribution in [2.24, 2.45) is 0 Å². The number of carbonyl (C=O) groups excluding carboxylic acids is 1. The van der Waals surface area contributed by atoms with Gasteiger partial charge in [0.2, 0.25) is 0 Å². The first-order valence-corrected chi connectivity index (χ1v) is 8.27. The minimum Gasteiger partial charge on any atom is -0.480 e. The van der Waals surface area contributed by atoms with Gasteiger partial charge in [-0.2, -0.15) is 0 Å². The molecule has 2 N–H and O–H groups in total. The minimum absolute atomic E-state index is 0.0202. The predicted octanol–water partition coefficient (Wildman–Crippen LogP) is 1.38. The molecule has 1 unspecified atom stereocenters. The summed E-state index contributed by atoms with van der Waals surface area (Å²) in [6.07, 6.45) is 1.26. The van der Waals surface area contributed by atoms with Gasteiger partial charge in [-0.15, -0.1) is 0 Å². The molecule has 1 atom stereocenters. The Morgan fingerprint density at radius 1 is 1.33 bits per heavy atom. The number of aliphatic carboxylic acids is 1. The van der Waals surface area contributed by atoms with E-state index in [1.165, 1.54) is 25.1 Å². The molecule has 6 nitrogen and oxygen atoms in total. The SMILES string of the molecule is CCC(C)(NC(=O)c1cc(S(C)(=O)=O)ccc1C)C(=O)O. The Balaban J connectivity index is 3.22. The predicted molar refractivity (Wildman–Crippen MR) is 78.1 cm³/mol. The third-order valence-corrected chi connectivity index (χ3v) is 4.56. The highest BCUT2D eigenvalue weighted by molar-refractivity contribution is 7.90. The number of carboxylic acids is 1. The van der Waals surface area contributed by atoms with Crippen LogP contribution in [0.3, 0.4) is 0 Å². The van der Waals surface area contributed by atoms with E-state index in [-0.39, 0.29) is 16.9 Å². The summed E-state index contributed by atoms with van der Waals surface area (Å²) in [4.78, 5) is 23.5. The maximum Gasteiger partial charge on any atom is 0.329 e. The molecule has 1 amide bonds. The highest BCUT2D eigenvalue weighted by Crippen LogP contribution is 2.17.